The topological polar surface area (TPSA) is 23.5 Å². The molecule has 0 unspecified atom stereocenters. The third kappa shape index (κ3) is 2.73. The van der Waals surface area contributed by atoms with E-state index in [0.29, 0.717) is 0 Å². The van der Waals surface area contributed by atoms with Gasteiger partial charge in [-0.1, -0.05) is 13.0 Å². The van der Waals surface area contributed by atoms with Crippen molar-refractivity contribution in [3.05, 3.63) is 29.6 Å². The number of benzene rings is 1. The van der Waals surface area contributed by atoms with Crippen molar-refractivity contribution in [2.24, 2.45) is 5.92 Å². The summed E-state index contributed by atoms with van der Waals surface area (Å²) in [5, 5.41) is 9.10. The van der Waals surface area contributed by atoms with Gasteiger partial charge in [0.15, 0.2) is 11.6 Å². The average molecular weight is 223 g/mol. The zero-order valence-corrected chi connectivity index (χ0v) is 9.62. The molecular weight excluding hydrogens is 205 g/mol. The number of halogens is 1. The lowest BCUT2D eigenvalue weighted by Crippen LogP contribution is -2.32. The van der Waals surface area contributed by atoms with Gasteiger partial charge in [-0.3, -0.25) is 4.90 Å². The number of hydrogen-bond acceptors (Lipinski definition) is 2. The first-order valence-corrected chi connectivity index (χ1v) is 5.85. The maximum atomic E-state index is 13.1. The van der Waals surface area contributed by atoms with Crippen LogP contribution in [0.4, 0.5) is 4.39 Å². The van der Waals surface area contributed by atoms with Gasteiger partial charge < -0.3 is 5.11 Å². The molecule has 1 aliphatic rings. The van der Waals surface area contributed by atoms with Crippen LogP contribution in [0.1, 0.15) is 25.3 Å². The van der Waals surface area contributed by atoms with Crippen molar-refractivity contribution < 1.29 is 9.50 Å². The summed E-state index contributed by atoms with van der Waals surface area (Å²) < 4.78 is 13.1. The highest BCUT2D eigenvalue weighted by Crippen LogP contribution is 2.20. The van der Waals surface area contributed by atoms with E-state index in [0.717, 1.165) is 31.1 Å². The lowest BCUT2D eigenvalue weighted by atomic mass is 9.99. The van der Waals surface area contributed by atoms with Gasteiger partial charge in [-0.25, -0.2) is 4.39 Å². The molecule has 1 saturated heterocycles. The van der Waals surface area contributed by atoms with Gasteiger partial charge in [0.1, 0.15) is 0 Å². The molecule has 1 N–H and O–H groups in total. The van der Waals surface area contributed by atoms with E-state index in [4.69, 9.17) is 5.11 Å². The van der Waals surface area contributed by atoms with Crippen molar-refractivity contribution in [2.45, 2.75) is 26.3 Å². The van der Waals surface area contributed by atoms with E-state index in [-0.39, 0.29) is 5.75 Å². The Labute approximate surface area is 95.7 Å². The molecule has 1 fully saturated rings. The Balaban J connectivity index is 1.96. The van der Waals surface area contributed by atoms with Crippen LogP contribution in [0.25, 0.3) is 0 Å². The molecule has 16 heavy (non-hydrogen) atoms. The van der Waals surface area contributed by atoms with Crippen molar-refractivity contribution in [3.8, 4) is 5.75 Å². The Morgan fingerprint density at radius 2 is 2.06 bits per heavy atom. The minimum Gasteiger partial charge on any atom is -0.505 e. The Morgan fingerprint density at radius 3 is 2.69 bits per heavy atom. The summed E-state index contributed by atoms with van der Waals surface area (Å²) >= 11 is 0. The third-order valence-electron chi connectivity index (χ3n) is 3.29. The summed E-state index contributed by atoms with van der Waals surface area (Å²) in [6.45, 7) is 5.23. The number of aromatic hydroxyl groups is 1. The summed E-state index contributed by atoms with van der Waals surface area (Å²) in [6.07, 6.45) is 2.45. The largest absolute Gasteiger partial charge is 0.505 e. The summed E-state index contributed by atoms with van der Waals surface area (Å²) in [6, 6.07) is 4.64. The van der Waals surface area contributed by atoms with Crippen LogP contribution in [0.5, 0.6) is 5.75 Å². The fraction of sp³-hybridized carbons (Fsp3) is 0.538. The molecular formula is C13H18FNO. The summed E-state index contributed by atoms with van der Waals surface area (Å²) in [7, 11) is 0. The molecule has 88 valence electrons. The Hall–Kier alpha value is -1.09. The lowest BCUT2D eigenvalue weighted by molar-refractivity contribution is 0.185. The highest BCUT2D eigenvalue weighted by molar-refractivity contribution is 5.27. The number of piperidine rings is 1. The molecule has 0 saturated carbocycles. The summed E-state index contributed by atoms with van der Waals surface area (Å²) in [4.78, 5) is 2.34. The van der Waals surface area contributed by atoms with E-state index in [1.807, 2.05) is 0 Å². The highest BCUT2D eigenvalue weighted by Gasteiger charge is 2.15. The molecule has 2 rings (SSSR count). The van der Waals surface area contributed by atoms with Gasteiger partial charge >= 0.3 is 0 Å². The lowest BCUT2D eigenvalue weighted by Gasteiger charge is -2.30. The van der Waals surface area contributed by atoms with Crippen molar-refractivity contribution in [3.63, 3.8) is 0 Å². The minimum absolute atomic E-state index is 0.268. The first kappa shape index (κ1) is 11.4. The fourth-order valence-electron chi connectivity index (χ4n) is 2.13. The predicted molar refractivity (Wildman–Crippen MR) is 61.7 cm³/mol. The molecule has 0 atom stereocenters. The molecule has 1 aromatic rings. The Bertz CT molecular complexity index is 359. The normalized spacial score (nSPS) is 18.9. The Morgan fingerprint density at radius 1 is 1.38 bits per heavy atom. The molecule has 1 aliphatic heterocycles. The summed E-state index contributed by atoms with van der Waals surface area (Å²) in [5.74, 6) is 0.0201. The summed E-state index contributed by atoms with van der Waals surface area (Å²) in [5.41, 5.74) is 0.935. The van der Waals surface area contributed by atoms with Crippen molar-refractivity contribution in [1.82, 2.24) is 4.90 Å². The fourth-order valence-corrected chi connectivity index (χ4v) is 2.13. The molecule has 1 aromatic carbocycles. The zero-order valence-electron chi connectivity index (χ0n) is 9.62. The average Bonchev–Trinajstić information content (AvgIpc) is 2.27. The van der Waals surface area contributed by atoms with Crippen LogP contribution >= 0.6 is 0 Å². The molecule has 0 aliphatic carbocycles. The smallest absolute Gasteiger partial charge is 0.165 e. The number of rotatable bonds is 2. The number of phenols is 1. The van der Waals surface area contributed by atoms with Gasteiger partial charge in [-0.15, -0.1) is 0 Å². The molecule has 0 amide bonds. The van der Waals surface area contributed by atoms with Crippen LogP contribution in [-0.2, 0) is 6.54 Å². The van der Waals surface area contributed by atoms with Gasteiger partial charge in [0.25, 0.3) is 0 Å². The minimum atomic E-state index is -0.525. The van der Waals surface area contributed by atoms with Crippen molar-refractivity contribution in [2.75, 3.05) is 13.1 Å². The number of hydrogen-bond donors (Lipinski definition) is 1. The van der Waals surface area contributed by atoms with E-state index < -0.39 is 5.82 Å². The van der Waals surface area contributed by atoms with E-state index in [1.54, 1.807) is 6.07 Å². The maximum absolute atomic E-state index is 13.1. The van der Waals surface area contributed by atoms with Crippen LogP contribution in [0.3, 0.4) is 0 Å². The standard InChI is InChI=1S/C13H18FNO/c1-10-4-6-15(7-5-10)9-11-2-3-13(16)12(14)8-11/h2-3,8,10,16H,4-7,9H2,1H3. The first-order chi connectivity index (χ1) is 7.65. The monoisotopic (exact) mass is 223 g/mol. The number of likely N-dealkylation sites (tertiary alicyclic amines) is 1. The van der Waals surface area contributed by atoms with Gasteiger partial charge in [-0.2, -0.15) is 0 Å². The second kappa shape index (κ2) is 4.83. The van der Waals surface area contributed by atoms with Crippen LogP contribution in [-0.4, -0.2) is 23.1 Å². The SMILES string of the molecule is CC1CCN(Cc2ccc(O)c(F)c2)CC1. The second-order valence-corrected chi connectivity index (χ2v) is 4.74. The third-order valence-corrected chi connectivity index (χ3v) is 3.29. The number of phenolic OH excluding ortho intramolecular Hbond substituents is 1. The van der Waals surface area contributed by atoms with Crippen molar-refractivity contribution in [1.29, 1.82) is 0 Å². The number of nitrogens with zero attached hydrogens (tertiary/aromatic N) is 1. The van der Waals surface area contributed by atoms with E-state index in [1.165, 1.54) is 25.0 Å². The van der Waals surface area contributed by atoms with Crippen LogP contribution in [0.15, 0.2) is 18.2 Å². The molecule has 3 heteroatoms. The molecule has 1 heterocycles. The van der Waals surface area contributed by atoms with Gasteiger partial charge in [0.05, 0.1) is 0 Å². The van der Waals surface area contributed by atoms with Gasteiger partial charge in [0.2, 0.25) is 0 Å². The molecule has 0 spiro atoms. The highest BCUT2D eigenvalue weighted by atomic mass is 19.1. The molecule has 0 aromatic heterocycles. The maximum Gasteiger partial charge on any atom is 0.165 e. The zero-order chi connectivity index (χ0) is 11.5. The van der Waals surface area contributed by atoms with E-state index >= 15 is 0 Å². The predicted octanol–water partition coefficient (Wildman–Crippen LogP) is 2.76. The molecule has 0 bridgehead atoms. The van der Waals surface area contributed by atoms with Crippen LogP contribution < -0.4 is 0 Å². The second-order valence-electron chi connectivity index (χ2n) is 4.74. The van der Waals surface area contributed by atoms with Gasteiger partial charge in [-0.05, 0) is 49.5 Å². The molecule has 2 nitrogen and oxygen atoms in total. The molecule has 0 radical (unpaired) electrons. The Kier molecular flexibility index (Phi) is 3.44. The first-order valence-electron chi connectivity index (χ1n) is 5.85. The van der Waals surface area contributed by atoms with Gasteiger partial charge in [0, 0.05) is 6.54 Å². The van der Waals surface area contributed by atoms with E-state index in [2.05, 4.69) is 11.8 Å². The van der Waals surface area contributed by atoms with Crippen molar-refractivity contribution >= 4 is 0 Å². The quantitative estimate of drug-likeness (QED) is 0.833. The van der Waals surface area contributed by atoms with Crippen LogP contribution in [0, 0.1) is 11.7 Å². The van der Waals surface area contributed by atoms with E-state index in [9.17, 15) is 4.39 Å². The van der Waals surface area contributed by atoms with Crippen LogP contribution in [0.2, 0.25) is 0 Å².